The van der Waals surface area contributed by atoms with E-state index in [1.54, 1.807) is 7.11 Å². The molecule has 0 radical (unpaired) electrons. The SMILES string of the molecule is CCNC(=NCc1ccc(OCC2CC2)nc1)Nc1ccc(OC)c(OCC)c1.I. The van der Waals surface area contributed by atoms with Crippen molar-refractivity contribution in [3.8, 4) is 17.4 Å². The Morgan fingerprint density at radius 3 is 2.60 bits per heavy atom. The van der Waals surface area contributed by atoms with Crippen molar-refractivity contribution < 1.29 is 14.2 Å². The van der Waals surface area contributed by atoms with Crippen molar-refractivity contribution >= 4 is 35.6 Å². The van der Waals surface area contributed by atoms with Crippen LogP contribution >= 0.6 is 24.0 Å². The van der Waals surface area contributed by atoms with Crippen molar-refractivity contribution in [2.75, 3.05) is 32.2 Å². The average Bonchev–Trinajstić information content (AvgIpc) is 3.56. The molecule has 0 spiro atoms. The maximum Gasteiger partial charge on any atom is 0.213 e. The number of aromatic nitrogens is 1. The van der Waals surface area contributed by atoms with E-state index in [1.165, 1.54) is 12.8 Å². The van der Waals surface area contributed by atoms with Crippen LogP contribution in [0.3, 0.4) is 0 Å². The zero-order valence-corrected chi connectivity index (χ0v) is 20.1. The minimum atomic E-state index is 0. The molecule has 2 aromatic rings. The van der Waals surface area contributed by atoms with Gasteiger partial charge in [-0.25, -0.2) is 9.98 Å². The highest BCUT2D eigenvalue weighted by atomic mass is 127. The van der Waals surface area contributed by atoms with Crippen LogP contribution in [0.5, 0.6) is 17.4 Å². The van der Waals surface area contributed by atoms with Crippen LogP contribution < -0.4 is 24.8 Å². The largest absolute Gasteiger partial charge is 0.493 e. The van der Waals surface area contributed by atoms with Crippen molar-refractivity contribution in [1.82, 2.24) is 10.3 Å². The van der Waals surface area contributed by atoms with E-state index in [0.717, 1.165) is 30.3 Å². The Kier molecular flexibility index (Phi) is 9.99. The third-order valence-corrected chi connectivity index (χ3v) is 4.45. The second-order valence-corrected chi connectivity index (χ2v) is 6.88. The van der Waals surface area contributed by atoms with Gasteiger partial charge in [0.2, 0.25) is 5.88 Å². The van der Waals surface area contributed by atoms with Crippen LogP contribution in [0.2, 0.25) is 0 Å². The van der Waals surface area contributed by atoms with E-state index in [2.05, 4.69) is 20.6 Å². The van der Waals surface area contributed by atoms with E-state index < -0.39 is 0 Å². The van der Waals surface area contributed by atoms with E-state index in [9.17, 15) is 0 Å². The van der Waals surface area contributed by atoms with Crippen LogP contribution in [0.1, 0.15) is 32.3 Å². The minimum Gasteiger partial charge on any atom is -0.493 e. The van der Waals surface area contributed by atoms with Gasteiger partial charge in [-0.2, -0.15) is 0 Å². The fraction of sp³-hybridized carbons (Fsp3) is 0.455. The number of ether oxygens (including phenoxy) is 3. The fourth-order valence-electron chi connectivity index (χ4n) is 2.71. The van der Waals surface area contributed by atoms with Gasteiger partial charge in [-0.3, -0.25) is 0 Å². The number of pyridine rings is 1. The van der Waals surface area contributed by atoms with Gasteiger partial charge in [-0.1, -0.05) is 6.07 Å². The summed E-state index contributed by atoms with van der Waals surface area (Å²) >= 11 is 0. The van der Waals surface area contributed by atoms with Gasteiger partial charge in [-0.15, -0.1) is 24.0 Å². The molecule has 8 heteroatoms. The summed E-state index contributed by atoms with van der Waals surface area (Å²) in [6, 6.07) is 9.62. The molecule has 1 aromatic carbocycles. The maximum absolute atomic E-state index is 5.68. The molecule has 1 aromatic heterocycles. The molecular formula is C22H31IN4O3. The molecule has 1 heterocycles. The first kappa shape index (κ1) is 24.0. The van der Waals surface area contributed by atoms with Crippen molar-refractivity contribution in [2.24, 2.45) is 10.9 Å². The molecule has 1 fully saturated rings. The molecule has 30 heavy (non-hydrogen) atoms. The number of hydrogen-bond acceptors (Lipinski definition) is 5. The Morgan fingerprint density at radius 1 is 1.13 bits per heavy atom. The van der Waals surface area contributed by atoms with Gasteiger partial charge in [0.15, 0.2) is 17.5 Å². The lowest BCUT2D eigenvalue weighted by molar-refractivity contribution is 0.288. The average molecular weight is 526 g/mol. The lowest BCUT2D eigenvalue weighted by atomic mass is 10.2. The Hall–Kier alpha value is -2.23. The molecule has 7 nitrogen and oxygen atoms in total. The van der Waals surface area contributed by atoms with Gasteiger partial charge in [0.25, 0.3) is 0 Å². The number of rotatable bonds is 10. The number of anilines is 1. The van der Waals surface area contributed by atoms with E-state index in [4.69, 9.17) is 14.2 Å². The van der Waals surface area contributed by atoms with E-state index in [0.29, 0.717) is 36.5 Å². The van der Waals surface area contributed by atoms with Crippen LogP contribution in [0, 0.1) is 5.92 Å². The van der Waals surface area contributed by atoms with Gasteiger partial charge in [0.05, 0.1) is 26.9 Å². The topological polar surface area (TPSA) is 77.0 Å². The van der Waals surface area contributed by atoms with Crippen LogP contribution in [0.15, 0.2) is 41.5 Å². The molecule has 0 atom stereocenters. The molecule has 164 valence electrons. The maximum atomic E-state index is 5.68. The summed E-state index contributed by atoms with van der Waals surface area (Å²) < 4.78 is 16.7. The minimum absolute atomic E-state index is 0. The summed E-state index contributed by atoms with van der Waals surface area (Å²) in [4.78, 5) is 9.03. The predicted octanol–water partition coefficient (Wildman–Crippen LogP) is 4.47. The summed E-state index contributed by atoms with van der Waals surface area (Å²) in [5.41, 5.74) is 1.89. The van der Waals surface area contributed by atoms with Gasteiger partial charge in [-0.05, 0) is 50.3 Å². The Balaban J connectivity index is 0.00000320. The molecular weight excluding hydrogens is 495 g/mol. The van der Waals surface area contributed by atoms with Crippen molar-refractivity contribution in [3.05, 3.63) is 42.1 Å². The summed E-state index contributed by atoms with van der Waals surface area (Å²) in [6.07, 6.45) is 4.36. The van der Waals surface area contributed by atoms with Crippen LogP contribution in [-0.4, -0.2) is 37.8 Å². The fourth-order valence-corrected chi connectivity index (χ4v) is 2.71. The molecule has 2 N–H and O–H groups in total. The number of benzene rings is 1. The Labute approximate surface area is 195 Å². The highest BCUT2D eigenvalue weighted by molar-refractivity contribution is 14.0. The molecule has 1 saturated carbocycles. The Bertz CT molecular complexity index is 811. The second kappa shape index (κ2) is 12.5. The number of guanidine groups is 1. The quantitative estimate of drug-likeness (QED) is 0.270. The molecule has 3 rings (SSSR count). The third-order valence-electron chi connectivity index (χ3n) is 4.45. The zero-order valence-electron chi connectivity index (χ0n) is 17.8. The molecule has 0 saturated heterocycles. The molecule has 1 aliphatic carbocycles. The normalized spacial score (nSPS) is 13.2. The number of methoxy groups -OCH3 is 1. The molecule has 0 amide bonds. The first-order valence-corrected chi connectivity index (χ1v) is 10.2. The molecule has 0 bridgehead atoms. The standard InChI is InChI=1S/C22H30N4O3.HI/c1-4-23-22(26-18-9-10-19(27-3)20(12-18)28-5-2)25-14-17-8-11-21(24-13-17)29-15-16-6-7-16;/h8-13,16H,4-7,14-15H2,1-3H3,(H2,23,25,26);1H. The lowest BCUT2D eigenvalue weighted by Crippen LogP contribution is -2.30. The second-order valence-electron chi connectivity index (χ2n) is 6.88. The Morgan fingerprint density at radius 2 is 1.97 bits per heavy atom. The molecule has 1 aliphatic rings. The van der Waals surface area contributed by atoms with Gasteiger partial charge in [0, 0.05) is 30.6 Å². The monoisotopic (exact) mass is 526 g/mol. The third kappa shape index (κ3) is 7.55. The number of hydrogen-bond donors (Lipinski definition) is 2. The summed E-state index contributed by atoms with van der Waals surface area (Å²) in [6.45, 7) is 6.59. The van der Waals surface area contributed by atoms with Crippen molar-refractivity contribution in [1.29, 1.82) is 0 Å². The smallest absolute Gasteiger partial charge is 0.213 e. The highest BCUT2D eigenvalue weighted by Crippen LogP contribution is 2.30. The lowest BCUT2D eigenvalue weighted by Gasteiger charge is -2.14. The predicted molar refractivity (Wildman–Crippen MR) is 130 cm³/mol. The number of nitrogens with one attached hydrogen (secondary N) is 2. The van der Waals surface area contributed by atoms with Crippen LogP contribution in [0.4, 0.5) is 5.69 Å². The van der Waals surface area contributed by atoms with Crippen LogP contribution in [0.25, 0.3) is 0 Å². The first-order valence-electron chi connectivity index (χ1n) is 10.2. The van der Waals surface area contributed by atoms with Gasteiger partial charge < -0.3 is 24.8 Å². The van der Waals surface area contributed by atoms with Gasteiger partial charge >= 0.3 is 0 Å². The highest BCUT2D eigenvalue weighted by Gasteiger charge is 2.22. The summed E-state index contributed by atoms with van der Waals surface area (Å²) in [7, 11) is 1.63. The summed E-state index contributed by atoms with van der Waals surface area (Å²) in [5, 5.41) is 6.56. The molecule has 0 unspecified atom stereocenters. The van der Waals surface area contributed by atoms with Gasteiger partial charge in [0.1, 0.15) is 0 Å². The number of aliphatic imine (C=N–C) groups is 1. The number of nitrogens with zero attached hydrogens (tertiary/aromatic N) is 2. The first-order chi connectivity index (χ1) is 14.2. The van der Waals surface area contributed by atoms with E-state index >= 15 is 0 Å². The van der Waals surface area contributed by atoms with Crippen molar-refractivity contribution in [2.45, 2.75) is 33.2 Å². The zero-order chi connectivity index (χ0) is 20.5. The van der Waals surface area contributed by atoms with E-state index in [-0.39, 0.29) is 24.0 Å². The molecule has 0 aliphatic heterocycles. The number of halogens is 1. The summed E-state index contributed by atoms with van der Waals surface area (Å²) in [5.74, 6) is 3.48. The van der Waals surface area contributed by atoms with Crippen LogP contribution in [-0.2, 0) is 6.54 Å². The van der Waals surface area contributed by atoms with Crippen molar-refractivity contribution in [3.63, 3.8) is 0 Å². The van der Waals surface area contributed by atoms with E-state index in [1.807, 2.05) is 50.4 Å².